The summed E-state index contributed by atoms with van der Waals surface area (Å²) in [7, 11) is 0. The molecule has 0 spiro atoms. The van der Waals surface area contributed by atoms with Gasteiger partial charge in [-0.1, -0.05) is 47.2 Å². The van der Waals surface area contributed by atoms with E-state index in [1.54, 1.807) is 0 Å². The average molecular weight is 214 g/mol. The molecule has 1 heteroatoms. The van der Waals surface area contributed by atoms with Gasteiger partial charge >= 0.3 is 0 Å². The molecule has 0 aromatic carbocycles. The fourth-order valence-corrected chi connectivity index (χ4v) is 2.05. The minimum Gasteiger partial charge on any atom is -0.0918 e. The third-order valence-corrected chi connectivity index (χ3v) is 3.35. The molecule has 1 aliphatic rings. The molecule has 2 unspecified atom stereocenters. The molecule has 0 nitrogen and oxygen atoms in total. The lowest BCUT2D eigenvalue weighted by Crippen LogP contribution is -2.26. The molecule has 0 bridgehead atoms. The zero-order valence-corrected chi connectivity index (χ0v) is 8.47. The molecule has 0 aliphatic heterocycles. The Labute approximate surface area is 77.5 Å². The minimum atomic E-state index is 0.0868. The van der Waals surface area contributed by atoms with Crippen LogP contribution in [0.25, 0.3) is 0 Å². The number of rotatable bonds is 2. The van der Waals surface area contributed by atoms with Gasteiger partial charge in [0.1, 0.15) is 0 Å². The molecule has 0 saturated carbocycles. The van der Waals surface area contributed by atoms with E-state index in [0.717, 1.165) is 11.8 Å². The quantitative estimate of drug-likeness (QED) is 0.618. The number of alkyl halides is 1. The fraction of sp³-hybridized carbons (Fsp3) is 0.500. The molecular formula is C10H14Br. The Hall–Kier alpha value is -0.0400. The average Bonchev–Trinajstić information content (AvgIpc) is 2.05. The molecule has 11 heavy (non-hydrogen) atoms. The summed E-state index contributed by atoms with van der Waals surface area (Å²) >= 11 is 3.50. The van der Waals surface area contributed by atoms with Crippen molar-refractivity contribution < 1.29 is 0 Å². The van der Waals surface area contributed by atoms with Gasteiger partial charge in [-0.25, -0.2) is 0 Å². The summed E-state index contributed by atoms with van der Waals surface area (Å²) in [4.78, 5) is 0. The summed E-state index contributed by atoms with van der Waals surface area (Å²) in [6.07, 6.45) is 9.79. The molecular weight excluding hydrogens is 200 g/mol. The van der Waals surface area contributed by atoms with Gasteiger partial charge in [-0.3, -0.25) is 0 Å². The molecule has 0 heterocycles. The summed E-state index contributed by atoms with van der Waals surface area (Å²) in [5.74, 6) is 0.590. The van der Waals surface area contributed by atoms with Gasteiger partial charge in [-0.2, -0.15) is 0 Å². The normalized spacial score (nSPS) is 36.1. The van der Waals surface area contributed by atoms with E-state index in [-0.39, 0.29) is 5.41 Å². The molecule has 0 amide bonds. The molecule has 0 N–H and O–H groups in total. The molecule has 0 fully saturated rings. The summed E-state index contributed by atoms with van der Waals surface area (Å²) < 4.78 is 0. The van der Waals surface area contributed by atoms with E-state index in [1.807, 2.05) is 0 Å². The van der Waals surface area contributed by atoms with E-state index < -0.39 is 0 Å². The van der Waals surface area contributed by atoms with Gasteiger partial charge in [-0.05, 0) is 19.3 Å². The van der Waals surface area contributed by atoms with Crippen molar-refractivity contribution in [3.8, 4) is 0 Å². The molecule has 0 aromatic rings. The first-order valence-electron chi connectivity index (χ1n) is 4.00. The van der Waals surface area contributed by atoms with Gasteiger partial charge in [0, 0.05) is 10.7 Å². The van der Waals surface area contributed by atoms with Crippen molar-refractivity contribution in [2.45, 2.75) is 13.3 Å². The monoisotopic (exact) mass is 213 g/mol. The van der Waals surface area contributed by atoms with Crippen LogP contribution in [0, 0.1) is 18.3 Å². The first-order chi connectivity index (χ1) is 5.23. The number of halogens is 1. The van der Waals surface area contributed by atoms with E-state index in [4.69, 9.17) is 0 Å². The number of hydrogen-bond donors (Lipinski definition) is 0. The second-order valence-corrected chi connectivity index (χ2v) is 3.69. The van der Waals surface area contributed by atoms with Gasteiger partial charge < -0.3 is 0 Å². The molecule has 2 atom stereocenters. The van der Waals surface area contributed by atoms with E-state index >= 15 is 0 Å². The second-order valence-electron chi connectivity index (χ2n) is 3.13. The highest BCUT2D eigenvalue weighted by atomic mass is 79.9. The molecule has 1 radical (unpaired) electrons. The van der Waals surface area contributed by atoms with E-state index in [0.29, 0.717) is 5.92 Å². The van der Waals surface area contributed by atoms with Crippen LogP contribution < -0.4 is 0 Å². The highest BCUT2D eigenvalue weighted by Gasteiger charge is 2.28. The van der Waals surface area contributed by atoms with Crippen LogP contribution in [0.15, 0.2) is 24.3 Å². The van der Waals surface area contributed by atoms with Crippen molar-refractivity contribution in [1.29, 1.82) is 0 Å². The van der Waals surface area contributed by atoms with Crippen LogP contribution >= 0.6 is 15.9 Å². The third kappa shape index (κ3) is 1.76. The summed E-state index contributed by atoms with van der Waals surface area (Å²) in [6, 6.07) is 0. The standard InChI is InChI=1S/C10H14Br/c1-3-9-6-4-5-7-10(9,2)8-11/h4-7,9H,2-3,8H2,1H3. The SMILES string of the molecule is [CH2]C1(CBr)C=CC=CC1CC. The lowest BCUT2D eigenvalue weighted by Gasteiger charge is -2.32. The third-order valence-electron chi connectivity index (χ3n) is 2.31. The highest BCUT2D eigenvalue weighted by Crippen LogP contribution is 2.36. The zero-order valence-electron chi connectivity index (χ0n) is 6.89. The first kappa shape index (κ1) is 9.05. The van der Waals surface area contributed by atoms with Crippen molar-refractivity contribution in [3.05, 3.63) is 31.2 Å². The Morgan fingerprint density at radius 3 is 2.73 bits per heavy atom. The first-order valence-corrected chi connectivity index (χ1v) is 5.12. The van der Waals surface area contributed by atoms with Gasteiger partial charge in [0.05, 0.1) is 0 Å². The predicted molar refractivity (Wildman–Crippen MR) is 53.6 cm³/mol. The Bertz CT molecular complexity index is 181. The van der Waals surface area contributed by atoms with Crippen molar-refractivity contribution in [3.63, 3.8) is 0 Å². The minimum absolute atomic E-state index is 0.0868. The number of hydrogen-bond acceptors (Lipinski definition) is 0. The Morgan fingerprint density at radius 1 is 1.55 bits per heavy atom. The van der Waals surface area contributed by atoms with Gasteiger partial charge in [-0.15, -0.1) is 0 Å². The second kappa shape index (κ2) is 3.57. The maximum Gasteiger partial charge on any atom is 0.0128 e. The largest absolute Gasteiger partial charge is 0.0918 e. The smallest absolute Gasteiger partial charge is 0.0128 e. The molecule has 0 aromatic heterocycles. The summed E-state index contributed by atoms with van der Waals surface area (Å²) in [5, 5.41) is 0.944. The molecule has 1 aliphatic carbocycles. The molecule has 1 rings (SSSR count). The van der Waals surface area contributed by atoms with E-state index in [2.05, 4.69) is 54.1 Å². The van der Waals surface area contributed by atoms with Gasteiger partial charge in [0.25, 0.3) is 0 Å². The van der Waals surface area contributed by atoms with Crippen LogP contribution in [-0.4, -0.2) is 5.33 Å². The van der Waals surface area contributed by atoms with Crippen molar-refractivity contribution in [2.75, 3.05) is 5.33 Å². The van der Waals surface area contributed by atoms with Crippen LogP contribution in [0.3, 0.4) is 0 Å². The van der Waals surface area contributed by atoms with Crippen LogP contribution in [0.4, 0.5) is 0 Å². The van der Waals surface area contributed by atoms with Crippen molar-refractivity contribution in [1.82, 2.24) is 0 Å². The van der Waals surface area contributed by atoms with Crippen molar-refractivity contribution >= 4 is 15.9 Å². The van der Waals surface area contributed by atoms with Crippen molar-refractivity contribution in [2.24, 2.45) is 11.3 Å². The maximum absolute atomic E-state index is 4.21. The Balaban J connectivity index is 2.77. The van der Waals surface area contributed by atoms with Crippen LogP contribution in [0.5, 0.6) is 0 Å². The number of allylic oxidation sites excluding steroid dienone is 4. The van der Waals surface area contributed by atoms with Gasteiger partial charge in [0.15, 0.2) is 0 Å². The summed E-state index contributed by atoms with van der Waals surface area (Å²) in [6.45, 7) is 6.42. The zero-order chi connectivity index (χ0) is 8.32. The van der Waals surface area contributed by atoms with E-state index in [1.165, 1.54) is 0 Å². The predicted octanol–water partition coefficient (Wildman–Crippen LogP) is 3.35. The Kier molecular flexibility index (Phi) is 2.94. The highest BCUT2D eigenvalue weighted by molar-refractivity contribution is 9.09. The lowest BCUT2D eigenvalue weighted by molar-refractivity contribution is 0.384. The topological polar surface area (TPSA) is 0 Å². The summed E-state index contributed by atoms with van der Waals surface area (Å²) in [5.41, 5.74) is 0.0868. The maximum atomic E-state index is 4.21. The van der Waals surface area contributed by atoms with Crippen LogP contribution in [0.1, 0.15) is 13.3 Å². The van der Waals surface area contributed by atoms with Gasteiger partial charge in [0.2, 0.25) is 0 Å². The fourth-order valence-electron chi connectivity index (χ4n) is 1.45. The Morgan fingerprint density at radius 2 is 2.27 bits per heavy atom. The molecule has 61 valence electrons. The molecule has 0 saturated heterocycles. The van der Waals surface area contributed by atoms with Crippen LogP contribution in [-0.2, 0) is 0 Å². The lowest BCUT2D eigenvalue weighted by atomic mass is 9.75. The van der Waals surface area contributed by atoms with Crippen LogP contribution in [0.2, 0.25) is 0 Å². The van der Waals surface area contributed by atoms with E-state index in [9.17, 15) is 0 Å².